The Balaban J connectivity index is 1.71. The van der Waals surface area contributed by atoms with Crippen molar-refractivity contribution >= 4 is 27.5 Å². The van der Waals surface area contributed by atoms with Crippen LogP contribution < -0.4 is 14.8 Å². The predicted octanol–water partition coefficient (Wildman–Crippen LogP) is 4.24. The molecule has 0 spiro atoms. The second-order valence-corrected chi connectivity index (χ2v) is 9.97. The van der Waals surface area contributed by atoms with Gasteiger partial charge in [0.25, 0.3) is 5.91 Å². The number of sulfonamides is 1. The van der Waals surface area contributed by atoms with Crippen LogP contribution in [0.25, 0.3) is 0 Å². The van der Waals surface area contributed by atoms with Crippen LogP contribution in [0.5, 0.6) is 11.5 Å². The first-order valence-corrected chi connectivity index (χ1v) is 12.6. The maximum Gasteiger partial charge on any atom is 0.253 e. The van der Waals surface area contributed by atoms with E-state index in [1.807, 2.05) is 12.1 Å². The minimum atomic E-state index is -3.64. The summed E-state index contributed by atoms with van der Waals surface area (Å²) in [6.45, 7) is 3.91. The minimum absolute atomic E-state index is 0.0733. The Kier molecular flexibility index (Phi) is 8.39. The highest BCUT2D eigenvalue weighted by molar-refractivity contribution is 7.89. The largest absolute Gasteiger partial charge is 0.493 e. The molecule has 2 aromatic carbocycles. The molecule has 0 unspecified atom stereocenters. The Labute approximate surface area is 194 Å². The number of hydrogen-bond acceptors (Lipinski definition) is 5. The monoisotopic (exact) mass is 480 g/mol. The van der Waals surface area contributed by atoms with E-state index in [9.17, 15) is 13.2 Å². The lowest BCUT2D eigenvalue weighted by molar-refractivity contribution is 0.0951. The van der Waals surface area contributed by atoms with Crippen LogP contribution in [-0.4, -0.2) is 45.4 Å². The molecule has 0 aromatic heterocycles. The van der Waals surface area contributed by atoms with Gasteiger partial charge in [-0.25, -0.2) is 8.42 Å². The predicted molar refractivity (Wildman–Crippen MR) is 124 cm³/mol. The van der Waals surface area contributed by atoms with Gasteiger partial charge in [-0.05, 0) is 55.2 Å². The van der Waals surface area contributed by atoms with Gasteiger partial charge in [0.05, 0.1) is 29.2 Å². The van der Waals surface area contributed by atoms with E-state index in [1.54, 1.807) is 13.2 Å². The van der Waals surface area contributed by atoms with Crippen molar-refractivity contribution in [2.45, 2.75) is 44.0 Å². The van der Waals surface area contributed by atoms with Crippen LogP contribution in [0.4, 0.5) is 0 Å². The van der Waals surface area contributed by atoms with Crippen molar-refractivity contribution in [2.24, 2.45) is 0 Å². The number of ether oxygens (including phenoxy) is 2. The number of rotatable bonds is 10. The van der Waals surface area contributed by atoms with E-state index in [0.717, 1.165) is 31.2 Å². The second-order valence-electron chi connectivity index (χ2n) is 7.62. The molecule has 174 valence electrons. The highest BCUT2D eigenvalue weighted by atomic mass is 35.5. The van der Waals surface area contributed by atoms with Crippen LogP contribution in [0, 0.1) is 0 Å². The second kappa shape index (κ2) is 11.0. The van der Waals surface area contributed by atoms with Gasteiger partial charge in [0.1, 0.15) is 0 Å². The SMILES string of the molecule is CCCCOc1ccc(CNC(=O)c2cc(S(=O)(=O)N3CCCC3)ccc2Cl)cc1OC. The Hall–Kier alpha value is -2.29. The van der Waals surface area contributed by atoms with Gasteiger partial charge in [-0.15, -0.1) is 0 Å². The van der Waals surface area contributed by atoms with Crippen molar-refractivity contribution in [3.05, 3.63) is 52.5 Å². The third-order valence-corrected chi connectivity index (χ3v) is 7.55. The molecule has 0 atom stereocenters. The van der Waals surface area contributed by atoms with Gasteiger partial charge in [-0.1, -0.05) is 31.0 Å². The topological polar surface area (TPSA) is 84.9 Å². The number of nitrogens with one attached hydrogen (secondary N) is 1. The fourth-order valence-electron chi connectivity index (χ4n) is 3.46. The zero-order valence-electron chi connectivity index (χ0n) is 18.4. The fourth-order valence-corrected chi connectivity index (χ4v) is 5.21. The van der Waals surface area contributed by atoms with Crippen molar-refractivity contribution in [1.82, 2.24) is 9.62 Å². The molecule has 1 N–H and O–H groups in total. The minimum Gasteiger partial charge on any atom is -0.493 e. The normalized spacial score (nSPS) is 14.3. The van der Waals surface area contributed by atoms with Gasteiger partial charge in [-0.2, -0.15) is 4.31 Å². The molecule has 0 radical (unpaired) electrons. The lowest BCUT2D eigenvalue weighted by Crippen LogP contribution is -2.28. The third-order valence-electron chi connectivity index (χ3n) is 5.32. The van der Waals surface area contributed by atoms with E-state index in [-0.39, 0.29) is 22.0 Å². The Bertz CT molecular complexity index is 1050. The summed E-state index contributed by atoms with van der Waals surface area (Å²) in [6.07, 6.45) is 3.67. The van der Waals surface area contributed by atoms with Crippen molar-refractivity contribution in [3.8, 4) is 11.5 Å². The summed E-state index contributed by atoms with van der Waals surface area (Å²) in [5, 5.41) is 2.99. The number of benzene rings is 2. The molecule has 1 aliphatic heterocycles. The number of unbranched alkanes of at least 4 members (excludes halogenated alkanes) is 1. The summed E-state index contributed by atoms with van der Waals surface area (Å²) < 4.78 is 38.2. The first-order chi connectivity index (χ1) is 15.4. The molecule has 0 bridgehead atoms. The van der Waals surface area contributed by atoms with E-state index in [2.05, 4.69) is 12.2 Å². The standard InChI is InChI=1S/C23H29ClN2O5S/c1-3-4-13-31-21-10-7-17(14-22(21)30-2)16-25-23(27)19-15-18(8-9-20(19)24)32(28,29)26-11-5-6-12-26/h7-10,14-15H,3-6,11-13,16H2,1-2H3,(H,25,27). The Morgan fingerprint density at radius 2 is 1.88 bits per heavy atom. The number of carbonyl (C=O) groups is 1. The molecular weight excluding hydrogens is 452 g/mol. The number of carbonyl (C=O) groups excluding carboxylic acids is 1. The molecule has 1 aliphatic rings. The van der Waals surface area contributed by atoms with E-state index in [4.69, 9.17) is 21.1 Å². The van der Waals surface area contributed by atoms with Gasteiger partial charge < -0.3 is 14.8 Å². The zero-order chi connectivity index (χ0) is 23.1. The van der Waals surface area contributed by atoms with E-state index < -0.39 is 15.9 Å². The highest BCUT2D eigenvalue weighted by Gasteiger charge is 2.28. The third kappa shape index (κ3) is 5.74. The molecule has 1 fully saturated rings. The quantitative estimate of drug-likeness (QED) is 0.514. The molecule has 7 nitrogen and oxygen atoms in total. The highest BCUT2D eigenvalue weighted by Crippen LogP contribution is 2.29. The molecule has 2 aromatic rings. The summed E-state index contributed by atoms with van der Waals surface area (Å²) in [4.78, 5) is 12.8. The maximum atomic E-state index is 12.8. The molecule has 3 rings (SSSR count). The molecule has 32 heavy (non-hydrogen) atoms. The smallest absolute Gasteiger partial charge is 0.253 e. The fraction of sp³-hybridized carbons (Fsp3) is 0.435. The summed E-state index contributed by atoms with van der Waals surface area (Å²) in [6, 6.07) is 9.69. The molecule has 9 heteroatoms. The van der Waals surface area contributed by atoms with Crippen molar-refractivity contribution < 1.29 is 22.7 Å². The van der Waals surface area contributed by atoms with Crippen LogP contribution >= 0.6 is 11.6 Å². The number of amides is 1. The first kappa shape index (κ1) is 24.4. The van der Waals surface area contributed by atoms with Crippen LogP contribution in [-0.2, 0) is 16.6 Å². The van der Waals surface area contributed by atoms with Crippen LogP contribution in [0.3, 0.4) is 0 Å². The number of hydrogen-bond donors (Lipinski definition) is 1. The average molecular weight is 481 g/mol. The lowest BCUT2D eigenvalue weighted by atomic mass is 10.1. The molecule has 0 saturated carbocycles. The first-order valence-electron chi connectivity index (χ1n) is 10.7. The molecule has 1 heterocycles. The Morgan fingerprint density at radius 1 is 1.12 bits per heavy atom. The zero-order valence-corrected chi connectivity index (χ0v) is 20.0. The van der Waals surface area contributed by atoms with Gasteiger partial charge in [0.15, 0.2) is 11.5 Å². The number of halogens is 1. The van der Waals surface area contributed by atoms with Crippen molar-refractivity contribution in [3.63, 3.8) is 0 Å². The number of methoxy groups -OCH3 is 1. The molecule has 1 saturated heterocycles. The summed E-state index contributed by atoms with van der Waals surface area (Å²) in [5.74, 6) is 0.791. The lowest BCUT2D eigenvalue weighted by Gasteiger charge is -2.16. The average Bonchev–Trinajstić information content (AvgIpc) is 3.34. The van der Waals surface area contributed by atoms with Gasteiger partial charge in [0, 0.05) is 19.6 Å². The van der Waals surface area contributed by atoms with Gasteiger partial charge in [0.2, 0.25) is 10.0 Å². The molecule has 1 amide bonds. The van der Waals surface area contributed by atoms with Crippen LogP contribution in [0.1, 0.15) is 48.5 Å². The van der Waals surface area contributed by atoms with Gasteiger partial charge in [-0.3, -0.25) is 4.79 Å². The maximum absolute atomic E-state index is 12.8. The van der Waals surface area contributed by atoms with E-state index >= 15 is 0 Å². The summed E-state index contributed by atoms with van der Waals surface area (Å²) in [7, 11) is -2.07. The van der Waals surface area contributed by atoms with Gasteiger partial charge >= 0.3 is 0 Å². The molecule has 0 aliphatic carbocycles. The Morgan fingerprint density at radius 3 is 2.56 bits per heavy atom. The summed E-state index contributed by atoms with van der Waals surface area (Å²) >= 11 is 6.21. The van der Waals surface area contributed by atoms with Crippen molar-refractivity contribution in [1.29, 1.82) is 0 Å². The van der Waals surface area contributed by atoms with E-state index in [0.29, 0.717) is 31.2 Å². The van der Waals surface area contributed by atoms with Crippen molar-refractivity contribution in [2.75, 3.05) is 26.8 Å². The van der Waals surface area contributed by atoms with Crippen LogP contribution in [0.2, 0.25) is 5.02 Å². The number of nitrogens with zero attached hydrogens (tertiary/aromatic N) is 1. The summed E-state index contributed by atoms with van der Waals surface area (Å²) in [5.41, 5.74) is 0.938. The van der Waals surface area contributed by atoms with Crippen LogP contribution in [0.15, 0.2) is 41.3 Å². The van der Waals surface area contributed by atoms with E-state index in [1.165, 1.54) is 22.5 Å². The molecular formula is C23H29ClN2O5S.